The molecule has 4 amide bonds. The van der Waals surface area contributed by atoms with Gasteiger partial charge in [-0.05, 0) is 55.6 Å². The zero-order valence-electron chi connectivity index (χ0n) is 29.3. The molecule has 4 N–H and O–H groups in total. The number of halogens is 3. The molecule has 4 rings (SSSR count). The molecule has 0 spiro atoms. The van der Waals surface area contributed by atoms with Gasteiger partial charge in [0.1, 0.15) is 17.9 Å². The smallest absolute Gasteiger partial charge is 0.344 e. The van der Waals surface area contributed by atoms with Crippen molar-refractivity contribution >= 4 is 45.0 Å². The Morgan fingerprint density at radius 2 is 1.63 bits per heavy atom. The Morgan fingerprint density at radius 3 is 2.24 bits per heavy atom. The first-order valence-electron chi connectivity index (χ1n) is 17.1. The van der Waals surface area contributed by atoms with Gasteiger partial charge in [-0.3, -0.25) is 23.9 Å². The van der Waals surface area contributed by atoms with Crippen molar-refractivity contribution in [2.24, 2.45) is 5.92 Å². The third-order valence-corrected chi connectivity index (χ3v) is 10.1. The van der Waals surface area contributed by atoms with E-state index in [1.807, 2.05) is 7.05 Å². The molecule has 2 aromatic carbocycles. The molecule has 16 heteroatoms. The molecule has 1 aliphatic carbocycles. The Kier molecular flexibility index (Phi) is 13.1. The summed E-state index contributed by atoms with van der Waals surface area (Å²) in [5.74, 6) is -9.39. The van der Waals surface area contributed by atoms with E-state index in [4.69, 9.17) is 0 Å². The minimum absolute atomic E-state index is 0.149. The SMILES string of the molecule is CCC(=O)N[C@@H](C(=O)N1CCN(C)CC1)[C@@H](C)c1ccc(NC(=O)[C@@H](NC(=O)C(F)(F)c2cccc(NS(C)(=O)=O)c2)C2CCCCC2)c(F)c1. The molecule has 1 saturated heterocycles. The van der Waals surface area contributed by atoms with Gasteiger partial charge in [-0.1, -0.05) is 51.3 Å². The summed E-state index contributed by atoms with van der Waals surface area (Å²) in [6, 6.07) is 5.82. The van der Waals surface area contributed by atoms with E-state index in [0.717, 1.165) is 30.9 Å². The van der Waals surface area contributed by atoms with E-state index < -0.39 is 63.1 Å². The van der Waals surface area contributed by atoms with E-state index in [2.05, 4.69) is 25.6 Å². The van der Waals surface area contributed by atoms with Crippen LogP contribution >= 0.6 is 0 Å². The van der Waals surface area contributed by atoms with Gasteiger partial charge in [0.15, 0.2) is 0 Å². The predicted octanol–water partition coefficient (Wildman–Crippen LogP) is 3.77. The first-order chi connectivity index (χ1) is 24.0. The number of nitrogens with one attached hydrogen (secondary N) is 4. The number of rotatable bonds is 13. The highest BCUT2D eigenvalue weighted by atomic mass is 32.2. The average Bonchev–Trinajstić information content (AvgIpc) is 3.09. The summed E-state index contributed by atoms with van der Waals surface area (Å²) in [6.07, 6.45) is 4.25. The lowest BCUT2D eigenvalue weighted by molar-refractivity contribution is -0.149. The summed E-state index contributed by atoms with van der Waals surface area (Å²) in [5.41, 5.74) is -0.817. The van der Waals surface area contributed by atoms with Crippen LogP contribution in [0.1, 0.15) is 69.4 Å². The number of sulfonamides is 1. The van der Waals surface area contributed by atoms with Crippen LogP contribution in [0.2, 0.25) is 0 Å². The van der Waals surface area contributed by atoms with Gasteiger partial charge in [-0.2, -0.15) is 8.78 Å². The monoisotopic (exact) mass is 736 g/mol. The maximum atomic E-state index is 15.6. The molecule has 3 atom stereocenters. The molecule has 280 valence electrons. The lowest BCUT2D eigenvalue weighted by Crippen LogP contribution is -2.55. The number of amides is 4. The first kappa shape index (κ1) is 39.6. The number of alkyl halides is 2. The number of hydrogen-bond donors (Lipinski definition) is 4. The largest absolute Gasteiger partial charge is 0.349 e. The zero-order valence-corrected chi connectivity index (χ0v) is 30.1. The lowest BCUT2D eigenvalue weighted by Gasteiger charge is -2.36. The maximum absolute atomic E-state index is 15.6. The van der Waals surface area contributed by atoms with Crippen LogP contribution in [-0.2, 0) is 35.1 Å². The summed E-state index contributed by atoms with van der Waals surface area (Å²) in [4.78, 5) is 56.4. The third kappa shape index (κ3) is 10.4. The van der Waals surface area contributed by atoms with Crippen molar-refractivity contribution in [3.63, 3.8) is 0 Å². The van der Waals surface area contributed by atoms with E-state index in [9.17, 15) is 27.6 Å². The summed E-state index contributed by atoms with van der Waals surface area (Å²) >= 11 is 0. The average molecular weight is 737 g/mol. The molecule has 0 unspecified atom stereocenters. The fraction of sp³-hybridized carbons (Fsp3) is 0.543. The van der Waals surface area contributed by atoms with Crippen LogP contribution in [0.5, 0.6) is 0 Å². The van der Waals surface area contributed by atoms with Gasteiger partial charge in [0, 0.05) is 49.8 Å². The van der Waals surface area contributed by atoms with E-state index in [-0.39, 0.29) is 29.6 Å². The Labute approximate surface area is 296 Å². The third-order valence-electron chi connectivity index (χ3n) is 9.50. The van der Waals surface area contributed by atoms with Crippen LogP contribution in [0.3, 0.4) is 0 Å². The molecular formula is C35H47F3N6O6S. The second-order valence-corrected chi connectivity index (χ2v) is 15.2. The van der Waals surface area contributed by atoms with Gasteiger partial charge in [0.05, 0.1) is 11.9 Å². The molecule has 2 fully saturated rings. The topological polar surface area (TPSA) is 157 Å². The number of anilines is 2. The second-order valence-electron chi connectivity index (χ2n) is 13.4. The fourth-order valence-corrected chi connectivity index (χ4v) is 6.99. The molecule has 51 heavy (non-hydrogen) atoms. The Hall–Kier alpha value is -4.18. The lowest BCUT2D eigenvalue weighted by atomic mass is 9.83. The van der Waals surface area contributed by atoms with Crippen LogP contribution in [0, 0.1) is 11.7 Å². The normalized spacial score (nSPS) is 17.9. The highest BCUT2D eigenvalue weighted by Crippen LogP contribution is 2.33. The molecule has 0 radical (unpaired) electrons. The molecule has 2 aromatic rings. The van der Waals surface area contributed by atoms with Crippen molar-refractivity contribution < 1.29 is 40.8 Å². The number of piperazine rings is 1. The van der Waals surface area contributed by atoms with Crippen molar-refractivity contribution in [3.05, 3.63) is 59.4 Å². The van der Waals surface area contributed by atoms with Crippen LogP contribution in [0.4, 0.5) is 24.5 Å². The number of carbonyl (C=O) groups excluding carboxylic acids is 4. The first-order valence-corrected chi connectivity index (χ1v) is 19.0. The number of nitrogens with zero attached hydrogens (tertiary/aromatic N) is 2. The van der Waals surface area contributed by atoms with E-state index in [0.29, 0.717) is 57.4 Å². The quantitative estimate of drug-likeness (QED) is 0.244. The minimum Gasteiger partial charge on any atom is -0.344 e. The molecule has 2 aliphatic rings. The molecule has 0 aromatic heterocycles. The zero-order chi connectivity index (χ0) is 37.5. The van der Waals surface area contributed by atoms with Crippen molar-refractivity contribution in [1.29, 1.82) is 0 Å². The van der Waals surface area contributed by atoms with Crippen LogP contribution in [0.15, 0.2) is 42.5 Å². The minimum atomic E-state index is -4.14. The van der Waals surface area contributed by atoms with Gasteiger partial charge in [0.25, 0.3) is 5.91 Å². The van der Waals surface area contributed by atoms with Crippen LogP contribution < -0.4 is 20.7 Å². The predicted molar refractivity (Wildman–Crippen MR) is 187 cm³/mol. The van der Waals surface area contributed by atoms with Gasteiger partial charge in [0.2, 0.25) is 27.7 Å². The van der Waals surface area contributed by atoms with Crippen LogP contribution in [0.25, 0.3) is 0 Å². The molecule has 12 nitrogen and oxygen atoms in total. The summed E-state index contributed by atoms with van der Waals surface area (Å²) in [7, 11) is -1.83. The van der Waals surface area contributed by atoms with Crippen molar-refractivity contribution in [2.45, 2.75) is 76.3 Å². The molecule has 1 aliphatic heterocycles. The van der Waals surface area contributed by atoms with Gasteiger partial charge >= 0.3 is 5.92 Å². The highest BCUT2D eigenvalue weighted by molar-refractivity contribution is 7.92. The number of benzene rings is 2. The van der Waals surface area contributed by atoms with Crippen molar-refractivity contribution in [2.75, 3.05) is 49.5 Å². The molecule has 1 saturated carbocycles. The Bertz CT molecular complexity index is 1700. The summed E-state index contributed by atoms with van der Waals surface area (Å²) in [6.45, 7) is 5.68. The Balaban J connectivity index is 1.53. The van der Waals surface area contributed by atoms with Gasteiger partial charge in [-0.25, -0.2) is 12.8 Å². The van der Waals surface area contributed by atoms with E-state index in [1.54, 1.807) is 18.7 Å². The highest BCUT2D eigenvalue weighted by Gasteiger charge is 2.44. The maximum Gasteiger partial charge on any atom is 0.349 e. The summed E-state index contributed by atoms with van der Waals surface area (Å²) < 4.78 is 71.9. The Morgan fingerprint density at radius 1 is 0.961 bits per heavy atom. The van der Waals surface area contributed by atoms with E-state index >= 15 is 13.2 Å². The number of carbonyl (C=O) groups is 4. The van der Waals surface area contributed by atoms with Gasteiger partial charge in [-0.15, -0.1) is 0 Å². The fourth-order valence-electron chi connectivity index (χ4n) is 6.44. The van der Waals surface area contributed by atoms with Crippen LogP contribution in [-0.4, -0.2) is 93.4 Å². The molecule has 0 bridgehead atoms. The molecule has 1 heterocycles. The van der Waals surface area contributed by atoms with Crippen molar-refractivity contribution in [1.82, 2.24) is 20.4 Å². The molecular weight excluding hydrogens is 689 g/mol. The van der Waals surface area contributed by atoms with Crippen molar-refractivity contribution in [3.8, 4) is 0 Å². The van der Waals surface area contributed by atoms with Gasteiger partial charge < -0.3 is 25.8 Å². The number of likely N-dealkylation sites (N-methyl/N-ethyl adjacent to an activating group) is 1. The second kappa shape index (κ2) is 16.9. The number of hydrogen-bond acceptors (Lipinski definition) is 7. The standard InChI is InChI=1S/C35H47F3N6O6S/c1-5-29(45)40-30(33(47)44-18-16-43(3)17-19-44)22(2)24-14-15-28(27(36)20-24)39-32(46)31(23-10-7-6-8-11-23)41-34(48)35(37,38)25-12-9-13-26(21-25)42-51(4,49)50/h9,12-15,20-23,30-31,42H,5-8,10-11,16-19H2,1-4H3,(H,39,46)(H,40,45)(H,41,48)/t22-,30+,31-/m0/s1. The van der Waals surface area contributed by atoms with E-state index in [1.165, 1.54) is 24.3 Å². The summed E-state index contributed by atoms with van der Waals surface area (Å²) in [5, 5.41) is 7.43.